The number of para-hydroxylation sites is 1. The van der Waals surface area contributed by atoms with E-state index >= 15 is 0 Å². The second-order valence-corrected chi connectivity index (χ2v) is 7.80. The van der Waals surface area contributed by atoms with Gasteiger partial charge in [0, 0.05) is 23.4 Å². The van der Waals surface area contributed by atoms with Crippen molar-refractivity contribution in [3.05, 3.63) is 90.2 Å². The Morgan fingerprint density at radius 3 is 2.47 bits per heavy atom. The van der Waals surface area contributed by atoms with Crippen molar-refractivity contribution >= 4 is 17.7 Å². The lowest BCUT2D eigenvalue weighted by atomic mass is 10.2. The zero-order valence-electron chi connectivity index (χ0n) is 17.4. The highest BCUT2D eigenvalue weighted by Gasteiger charge is 2.17. The predicted molar refractivity (Wildman–Crippen MR) is 122 cm³/mol. The molecular weight excluding hydrogens is 427 g/mol. The molecule has 0 radical (unpaired) electrons. The topological polar surface area (TPSA) is 69.0 Å². The number of halogens is 1. The molecule has 162 valence electrons. The molecule has 0 bridgehead atoms. The van der Waals surface area contributed by atoms with Gasteiger partial charge < -0.3 is 10.1 Å². The van der Waals surface area contributed by atoms with E-state index in [0.717, 1.165) is 16.9 Å². The summed E-state index contributed by atoms with van der Waals surface area (Å²) in [6.45, 7) is 0.364. The van der Waals surface area contributed by atoms with Crippen LogP contribution < -0.4 is 10.1 Å². The molecule has 1 heterocycles. The highest BCUT2D eigenvalue weighted by atomic mass is 32.2. The number of ether oxygens (including phenoxy) is 1. The number of carbonyl (C=O) groups excluding carboxylic acids is 1. The van der Waals surface area contributed by atoms with E-state index in [2.05, 4.69) is 15.5 Å². The summed E-state index contributed by atoms with van der Waals surface area (Å²) in [4.78, 5) is 12.5. The Hall–Kier alpha value is -3.65. The minimum Gasteiger partial charge on any atom is -0.496 e. The first-order valence-corrected chi connectivity index (χ1v) is 10.9. The molecule has 6 nitrogen and oxygen atoms in total. The lowest BCUT2D eigenvalue weighted by molar-refractivity contribution is -0.118. The molecular formula is C24H21FN4O2S. The van der Waals surface area contributed by atoms with Crippen molar-refractivity contribution in [2.24, 2.45) is 0 Å². The molecule has 3 aromatic carbocycles. The van der Waals surface area contributed by atoms with Crippen LogP contribution in [-0.4, -0.2) is 33.5 Å². The number of nitrogens with zero attached hydrogens (tertiary/aromatic N) is 3. The number of methoxy groups -OCH3 is 1. The van der Waals surface area contributed by atoms with Crippen molar-refractivity contribution in [1.29, 1.82) is 0 Å². The molecule has 4 aromatic rings. The van der Waals surface area contributed by atoms with E-state index in [1.54, 1.807) is 19.2 Å². The van der Waals surface area contributed by atoms with Crippen molar-refractivity contribution < 1.29 is 13.9 Å². The van der Waals surface area contributed by atoms with Crippen LogP contribution in [0.4, 0.5) is 4.39 Å². The van der Waals surface area contributed by atoms with Gasteiger partial charge in [0.25, 0.3) is 0 Å². The van der Waals surface area contributed by atoms with Gasteiger partial charge in [0.05, 0.1) is 12.9 Å². The van der Waals surface area contributed by atoms with E-state index < -0.39 is 0 Å². The Bertz CT molecular complexity index is 1200. The van der Waals surface area contributed by atoms with E-state index in [9.17, 15) is 9.18 Å². The first-order valence-electron chi connectivity index (χ1n) is 9.94. The fourth-order valence-electron chi connectivity index (χ4n) is 3.18. The molecule has 0 spiro atoms. The van der Waals surface area contributed by atoms with Crippen molar-refractivity contribution in [2.45, 2.75) is 11.7 Å². The fourth-order valence-corrected chi connectivity index (χ4v) is 3.97. The van der Waals surface area contributed by atoms with Gasteiger partial charge in [-0.05, 0) is 30.3 Å². The zero-order valence-corrected chi connectivity index (χ0v) is 18.2. The Balaban J connectivity index is 1.51. The molecule has 1 N–H and O–H groups in total. The van der Waals surface area contributed by atoms with Crippen molar-refractivity contribution in [3.63, 3.8) is 0 Å². The number of carbonyl (C=O) groups is 1. The Morgan fingerprint density at radius 2 is 1.72 bits per heavy atom. The van der Waals surface area contributed by atoms with Crippen LogP contribution >= 0.6 is 11.8 Å². The van der Waals surface area contributed by atoms with Crippen LogP contribution in [0.5, 0.6) is 5.75 Å². The Labute approximate surface area is 189 Å². The number of aromatic nitrogens is 3. The summed E-state index contributed by atoms with van der Waals surface area (Å²) < 4.78 is 20.6. The number of amides is 1. The summed E-state index contributed by atoms with van der Waals surface area (Å²) in [5.74, 6) is 1.03. The number of hydrogen-bond acceptors (Lipinski definition) is 5. The van der Waals surface area contributed by atoms with Gasteiger partial charge in [0.15, 0.2) is 11.0 Å². The second kappa shape index (κ2) is 10.1. The van der Waals surface area contributed by atoms with E-state index in [1.807, 2.05) is 59.2 Å². The quantitative estimate of drug-likeness (QED) is 0.402. The van der Waals surface area contributed by atoms with E-state index in [0.29, 0.717) is 23.2 Å². The third-order valence-corrected chi connectivity index (χ3v) is 5.68. The average molecular weight is 449 g/mol. The molecule has 1 aromatic heterocycles. The third-order valence-electron chi connectivity index (χ3n) is 4.75. The lowest BCUT2D eigenvalue weighted by Gasteiger charge is -2.11. The fraction of sp³-hybridized carbons (Fsp3) is 0.125. The smallest absolute Gasteiger partial charge is 0.230 e. The lowest BCUT2D eigenvalue weighted by Crippen LogP contribution is -2.25. The SMILES string of the molecule is COc1ccccc1CNC(=O)CSc1nnc(-c2ccccc2)n1-c1ccc(F)cc1. The van der Waals surface area contributed by atoms with E-state index in [4.69, 9.17) is 4.74 Å². The Kier molecular flexibility index (Phi) is 6.81. The molecule has 4 rings (SSSR count). The molecule has 0 aliphatic carbocycles. The van der Waals surface area contributed by atoms with Crippen molar-refractivity contribution in [2.75, 3.05) is 12.9 Å². The third kappa shape index (κ3) is 4.97. The zero-order chi connectivity index (χ0) is 22.3. The summed E-state index contributed by atoms with van der Waals surface area (Å²) in [5.41, 5.74) is 2.48. The van der Waals surface area contributed by atoms with E-state index in [-0.39, 0.29) is 17.5 Å². The van der Waals surface area contributed by atoms with Gasteiger partial charge in [-0.3, -0.25) is 9.36 Å². The van der Waals surface area contributed by atoms with Crippen LogP contribution in [0.15, 0.2) is 84.0 Å². The van der Waals surface area contributed by atoms with Gasteiger partial charge in [0.1, 0.15) is 11.6 Å². The number of thioether (sulfide) groups is 1. The van der Waals surface area contributed by atoms with Gasteiger partial charge in [-0.25, -0.2) is 4.39 Å². The summed E-state index contributed by atoms with van der Waals surface area (Å²) in [5, 5.41) is 12.1. The number of nitrogens with one attached hydrogen (secondary N) is 1. The molecule has 0 unspecified atom stereocenters. The molecule has 0 aliphatic rings. The molecule has 1 amide bonds. The van der Waals surface area contributed by atoms with Crippen LogP contribution in [0.3, 0.4) is 0 Å². The standard InChI is InChI=1S/C24H21FN4O2S/c1-31-21-10-6-5-9-18(21)15-26-22(30)16-32-24-28-27-23(17-7-3-2-4-8-17)29(24)20-13-11-19(25)12-14-20/h2-14H,15-16H2,1H3,(H,26,30). The summed E-state index contributed by atoms with van der Waals surface area (Å²) in [6, 6.07) is 23.2. The molecule has 32 heavy (non-hydrogen) atoms. The maximum Gasteiger partial charge on any atom is 0.230 e. The number of rotatable bonds is 8. The summed E-state index contributed by atoms with van der Waals surface area (Å²) in [7, 11) is 1.60. The normalized spacial score (nSPS) is 10.7. The van der Waals surface area contributed by atoms with Gasteiger partial charge in [-0.1, -0.05) is 60.3 Å². The van der Waals surface area contributed by atoms with Gasteiger partial charge >= 0.3 is 0 Å². The highest BCUT2D eigenvalue weighted by molar-refractivity contribution is 7.99. The molecule has 0 fully saturated rings. The van der Waals surface area contributed by atoms with Crippen LogP contribution in [0.25, 0.3) is 17.1 Å². The van der Waals surface area contributed by atoms with Crippen LogP contribution in [-0.2, 0) is 11.3 Å². The first-order chi connectivity index (χ1) is 15.7. The minimum atomic E-state index is -0.326. The van der Waals surface area contributed by atoms with E-state index in [1.165, 1.54) is 23.9 Å². The monoisotopic (exact) mass is 448 g/mol. The number of hydrogen-bond donors (Lipinski definition) is 1. The molecule has 0 saturated heterocycles. The average Bonchev–Trinajstić information content (AvgIpc) is 3.26. The molecule has 8 heteroatoms. The van der Waals surface area contributed by atoms with Gasteiger partial charge in [-0.15, -0.1) is 10.2 Å². The summed E-state index contributed by atoms with van der Waals surface area (Å²) in [6.07, 6.45) is 0. The largest absolute Gasteiger partial charge is 0.496 e. The van der Waals surface area contributed by atoms with Crippen LogP contribution in [0, 0.1) is 5.82 Å². The van der Waals surface area contributed by atoms with Crippen LogP contribution in [0.2, 0.25) is 0 Å². The number of benzene rings is 3. The minimum absolute atomic E-state index is 0.143. The molecule has 0 aliphatic heterocycles. The molecule has 0 saturated carbocycles. The van der Waals surface area contributed by atoms with Crippen molar-refractivity contribution in [1.82, 2.24) is 20.1 Å². The highest BCUT2D eigenvalue weighted by Crippen LogP contribution is 2.28. The maximum absolute atomic E-state index is 13.5. The van der Waals surface area contributed by atoms with Crippen molar-refractivity contribution in [3.8, 4) is 22.8 Å². The van der Waals surface area contributed by atoms with Crippen LogP contribution in [0.1, 0.15) is 5.56 Å². The predicted octanol–water partition coefficient (Wildman–Crippen LogP) is 4.49. The maximum atomic E-state index is 13.5. The van der Waals surface area contributed by atoms with Gasteiger partial charge in [-0.2, -0.15) is 0 Å². The first kappa shape index (κ1) is 21.6. The molecule has 0 atom stereocenters. The summed E-state index contributed by atoms with van der Waals surface area (Å²) >= 11 is 1.27. The Morgan fingerprint density at radius 1 is 1.00 bits per heavy atom. The second-order valence-electron chi connectivity index (χ2n) is 6.86. The van der Waals surface area contributed by atoms with Gasteiger partial charge in [0.2, 0.25) is 5.91 Å².